The number of hydrogen-bond donors (Lipinski definition) is 2. The fourth-order valence-electron chi connectivity index (χ4n) is 1.56. The van der Waals surface area contributed by atoms with Gasteiger partial charge in [-0.2, -0.15) is 0 Å². The maximum atomic E-state index is 12.9. The van der Waals surface area contributed by atoms with Crippen molar-refractivity contribution in [3.8, 4) is 0 Å². The zero-order valence-electron chi connectivity index (χ0n) is 9.62. The van der Waals surface area contributed by atoms with Crippen LogP contribution in [-0.2, 0) is 4.79 Å². The quantitative estimate of drug-likeness (QED) is 0.823. The van der Waals surface area contributed by atoms with Crippen molar-refractivity contribution in [2.45, 2.75) is 18.4 Å². The van der Waals surface area contributed by atoms with Gasteiger partial charge in [0.05, 0.1) is 17.2 Å². The summed E-state index contributed by atoms with van der Waals surface area (Å²) in [6, 6.07) is 4.22. The number of aliphatic hydroxyl groups is 1. The highest BCUT2D eigenvalue weighted by Gasteiger charge is 2.42. The minimum Gasteiger partial charge on any atom is -0.394 e. The predicted molar refractivity (Wildman–Crippen MR) is 67.6 cm³/mol. The molecule has 5 heteroatoms. The summed E-state index contributed by atoms with van der Waals surface area (Å²) in [5.41, 5.74) is 0.215. The molecule has 1 aliphatic carbocycles. The van der Waals surface area contributed by atoms with Crippen molar-refractivity contribution in [1.82, 2.24) is 5.32 Å². The lowest BCUT2D eigenvalue weighted by Crippen LogP contribution is -2.38. The van der Waals surface area contributed by atoms with Crippen LogP contribution in [0, 0.1) is 5.82 Å². The van der Waals surface area contributed by atoms with Crippen LogP contribution >= 0.6 is 11.6 Å². The van der Waals surface area contributed by atoms with Crippen LogP contribution in [0.15, 0.2) is 24.3 Å². The molecule has 1 aromatic carbocycles. The number of nitrogens with one attached hydrogen (secondary N) is 1. The second kappa shape index (κ2) is 5.08. The number of carbonyl (C=O) groups is 1. The van der Waals surface area contributed by atoms with Gasteiger partial charge in [0.25, 0.3) is 0 Å². The monoisotopic (exact) mass is 269 g/mol. The standard InChI is InChI=1S/C13H13ClFNO2/c14-10-7-9(1-3-11(10)15)2-4-12(18)16-13(8-17)5-6-13/h1-4,7,17H,5-6,8H2,(H,16,18)/b4-2+. The number of benzene rings is 1. The molecule has 18 heavy (non-hydrogen) atoms. The third-order valence-corrected chi connectivity index (χ3v) is 3.21. The van der Waals surface area contributed by atoms with Gasteiger partial charge in [0, 0.05) is 6.08 Å². The molecule has 0 bridgehead atoms. The molecule has 0 unspecified atom stereocenters. The summed E-state index contributed by atoms with van der Waals surface area (Å²) < 4.78 is 12.9. The van der Waals surface area contributed by atoms with Gasteiger partial charge in [-0.15, -0.1) is 0 Å². The minimum atomic E-state index is -0.490. The van der Waals surface area contributed by atoms with Gasteiger partial charge in [-0.25, -0.2) is 4.39 Å². The zero-order chi connectivity index (χ0) is 13.2. The molecule has 96 valence electrons. The molecule has 3 nitrogen and oxygen atoms in total. The van der Waals surface area contributed by atoms with Crippen molar-refractivity contribution >= 4 is 23.6 Å². The largest absolute Gasteiger partial charge is 0.394 e. The molecule has 1 aliphatic rings. The average Bonchev–Trinajstić information content (AvgIpc) is 3.11. The van der Waals surface area contributed by atoms with E-state index in [4.69, 9.17) is 16.7 Å². The first-order valence-corrected chi connectivity index (χ1v) is 5.99. The lowest BCUT2D eigenvalue weighted by Gasteiger charge is -2.11. The number of carbonyl (C=O) groups excluding carboxylic acids is 1. The Morgan fingerprint density at radius 1 is 1.56 bits per heavy atom. The van der Waals surface area contributed by atoms with E-state index in [-0.39, 0.29) is 17.5 Å². The number of halogens is 2. The summed E-state index contributed by atoms with van der Waals surface area (Å²) in [6.07, 6.45) is 4.49. The molecule has 0 radical (unpaired) electrons. The van der Waals surface area contributed by atoms with Gasteiger partial charge >= 0.3 is 0 Å². The van der Waals surface area contributed by atoms with Crippen LogP contribution in [0.1, 0.15) is 18.4 Å². The molecule has 0 aliphatic heterocycles. The Balaban J connectivity index is 1.97. The summed E-state index contributed by atoms with van der Waals surface area (Å²) in [5.74, 6) is -0.766. The highest BCUT2D eigenvalue weighted by atomic mass is 35.5. The molecule has 1 aromatic rings. The average molecular weight is 270 g/mol. The second-order valence-corrected chi connectivity index (χ2v) is 4.84. The summed E-state index contributed by atoms with van der Waals surface area (Å²) in [4.78, 5) is 11.6. The van der Waals surface area contributed by atoms with Crippen LogP contribution in [0.25, 0.3) is 6.08 Å². The molecular weight excluding hydrogens is 257 g/mol. The molecule has 0 spiro atoms. The number of hydrogen-bond acceptors (Lipinski definition) is 2. The van der Waals surface area contributed by atoms with Gasteiger partial charge in [0.1, 0.15) is 5.82 Å². The Kier molecular flexibility index (Phi) is 3.68. The molecule has 0 atom stereocenters. The zero-order valence-corrected chi connectivity index (χ0v) is 10.4. The van der Waals surface area contributed by atoms with Crippen molar-refractivity contribution in [2.24, 2.45) is 0 Å². The first-order valence-electron chi connectivity index (χ1n) is 5.61. The Bertz CT molecular complexity index is 498. The van der Waals surface area contributed by atoms with Gasteiger partial charge in [-0.1, -0.05) is 17.7 Å². The fraction of sp³-hybridized carbons (Fsp3) is 0.308. The molecule has 0 aromatic heterocycles. The van der Waals surface area contributed by atoms with E-state index in [1.165, 1.54) is 24.3 Å². The summed E-state index contributed by atoms with van der Waals surface area (Å²) >= 11 is 5.63. The Morgan fingerprint density at radius 2 is 2.28 bits per heavy atom. The van der Waals surface area contributed by atoms with Gasteiger partial charge in [-0.05, 0) is 36.6 Å². The van der Waals surface area contributed by atoms with Crippen LogP contribution in [0.2, 0.25) is 5.02 Å². The minimum absolute atomic E-state index is 0.0200. The van der Waals surface area contributed by atoms with E-state index in [2.05, 4.69) is 5.32 Å². The summed E-state index contributed by atoms with van der Waals surface area (Å²) in [5, 5.41) is 11.8. The van der Waals surface area contributed by atoms with Gasteiger partial charge in [-0.3, -0.25) is 4.79 Å². The molecule has 0 saturated heterocycles. The van der Waals surface area contributed by atoms with Crippen molar-refractivity contribution in [3.05, 3.63) is 40.7 Å². The van der Waals surface area contributed by atoms with E-state index >= 15 is 0 Å². The van der Waals surface area contributed by atoms with E-state index in [1.807, 2.05) is 0 Å². The summed E-state index contributed by atoms with van der Waals surface area (Å²) in [7, 11) is 0. The van der Waals surface area contributed by atoms with Crippen molar-refractivity contribution in [2.75, 3.05) is 6.61 Å². The van der Waals surface area contributed by atoms with E-state index < -0.39 is 11.4 Å². The fourth-order valence-corrected chi connectivity index (χ4v) is 1.75. The van der Waals surface area contributed by atoms with E-state index in [0.717, 1.165) is 12.8 Å². The van der Waals surface area contributed by atoms with Crippen LogP contribution in [0.5, 0.6) is 0 Å². The first kappa shape index (κ1) is 13.1. The maximum Gasteiger partial charge on any atom is 0.244 e. The highest BCUT2D eigenvalue weighted by Crippen LogP contribution is 2.34. The van der Waals surface area contributed by atoms with E-state index in [9.17, 15) is 9.18 Å². The third kappa shape index (κ3) is 3.09. The topological polar surface area (TPSA) is 49.3 Å². The molecule has 0 heterocycles. The van der Waals surface area contributed by atoms with Crippen LogP contribution in [0.4, 0.5) is 4.39 Å². The SMILES string of the molecule is O=C(/C=C/c1ccc(F)c(Cl)c1)NC1(CO)CC1. The lowest BCUT2D eigenvalue weighted by molar-refractivity contribution is -0.117. The van der Waals surface area contributed by atoms with E-state index in [0.29, 0.717) is 5.56 Å². The van der Waals surface area contributed by atoms with Crippen LogP contribution in [0.3, 0.4) is 0 Å². The molecular formula is C13H13ClFNO2. The van der Waals surface area contributed by atoms with E-state index in [1.54, 1.807) is 6.08 Å². The van der Waals surface area contributed by atoms with Gasteiger partial charge < -0.3 is 10.4 Å². The second-order valence-electron chi connectivity index (χ2n) is 4.43. The summed E-state index contributed by atoms with van der Waals surface area (Å²) in [6.45, 7) is -0.0467. The first-order chi connectivity index (χ1) is 8.54. The number of rotatable bonds is 4. The lowest BCUT2D eigenvalue weighted by atomic mass is 10.2. The number of amides is 1. The molecule has 2 N–H and O–H groups in total. The molecule has 1 amide bonds. The molecule has 1 saturated carbocycles. The normalized spacial score (nSPS) is 16.8. The van der Waals surface area contributed by atoms with Crippen molar-refractivity contribution < 1.29 is 14.3 Å². The Morgan fingerprint density at radius 3 is 2.83 bits per heavy atom. The van der Waals surface area contributed by atoms with Crippen molar-refractivity contribution in [1.29, 1.82) is 0 Å². The number of aliphatic hydroxyl groups excluding tert-OH is 1. The van der Waals surface area contributed by atoms with Crippen LogP contribution in [-0.4, -0.2) is 23.2 Å². The van der Waals surface area contributed by atoms with Crippen molar-refractivity contribution in [3.63, 3.8) is 0 Å². The smallest absolute Gasteiger partial charge is 0.244 e. The molecule has 2 rings (SSSR count). The van der Waals surface area contributed by atoms with Crippen LogP contribution < -0.4 is 5.32 Å². The maximum absolute atomic E-state index is 12.9. The van der Waals surface area contributed by atoms with Gasteiger partial charge in [0.15, 0.2) is 0 Å². The highest BCUT2D eigenvalue weighted by molar-refractivity contribution is 6.30. The third-order valence-electron chi connectivity index (χ3n) is 2.92. The Labute approximate surface area is 109 Å². The Hall–Kier alpha value is -1.39. The molecule has 1 fully saturated rings. The van der Waals surface area contributed by atoms with Gasteiger partial charge in [0.2, 0.25) is 5.91 Å². The predicted octanol–water partition coefficient (Wildman–Crippen LogP) is 2.13.